The van der Waals surface area contributed by atoms with Gasteiger partial charge in [-0.2, -0.15) is 0 Å². The molecular formula is C49H53N. The summed E-state index contributed by atoms with van der Waals surface area (Å²) < 4.78 is 0. The zero-order chi connectivity index (χ0) is 35.9. The summed E-state index contributed by atoms with van der Waals surface area (Å²) >= 11 is 0. The minimum Gasteiger partial charge on any atom is -0.256 e. The van der Waals surface area contributed by atoms with Crippen molar-refractivity contribution in [3.05, 3.63) is 151 Å². The van der Waals surface area contributed by atoms with Crippen LogP contribution in [0, 0.1) is 10.8 Å². The summed E-state index contributed by atoms with van der Waals surface area (Å²) in [7, 11) is 0. The Bertz CT molecular complexity index is 2060. The molecule has 0 aliphatic rings. The third-order valence-electron chi connectivity index (χ3n) is 12.0. The van der Waals surface area contributed by atoms with Crippen molar-refractivity contribution in [3.63, 3.8) is 0 Å². The number of nitrogens with zero attached hydrogens (tertiary/aromatic N) is 1. The standard InChI is InChI=1S/C49H53N/c1-46(2,3)48(7,8)43-28-26-39(27-29-43)38-20-18-35(19-21-38)34-14-16-36(17-15-34)37-22-24-40(25-23-37)41-12-11-13-42(32-41)45-33-44(30-31-50-45)49(9,10)47(4,5)6/h11-33H,1-10H3. The van der Waals surface area contributed by atoms with E-state index in [0.29, 0.717) is 0 Å². The van der Waals surface area contributed by atoms with E-state index in [2.05, 4.69) is 203 Å². The van der Waals surface area contributed by atoms with Crippen molar-refractivity contribution in [2.75, 3.05) is 0 Å². The maximum Gasteiger partial charge on any atom is 0.0705 e. The molecule has 0 N–H and O–H groups in total. The van der Waals surface area contributed by atoms with Crippen LogP contribution in [0.3, 0.4) is 0 Å². The molecule has 0 spiro atoms. The van der Waals surface area contributed by atoms with Gasteiger partial charge in [0.15, 0.2) is 0 Å². The van der Waals surface area contributed by atoms with Crippen LogP contribution in [0.25, 0.3) is 55.8 Å². The Labute approximate surface area is 301 Å². The summed E-state index contributed by atoms with van der Waals surface area (Å²) in [6.07, 6.45) is 1.95. The summed E-state index contributed by atoms with van der Waals surface area (Å²) in [6.45, 7) is 23.2. The van der Waals surface area contributed by atoms with Crippen molar-refractivity contribution < 1.29 is 0 Å². The number of benzene rings is 5. The molecule has 254 valence electrons. The van der Waals surface area contributed by atoms with E-state index in [1.165, 1.54) is 55.6 Å². The van der Waals surface area contributed by atoms with Crippen molar-refractivity contribution in [2.24, 2.45) is 10.8 Å². The maximum atomic E-state index is 4.76. The minimum atomic E-state index is 0.0260. The number of rotatable bonds is 7. The average Bonchev–Trinajstić information content (AvgIpc) is 3.11. The summed E-state index contributed by atoms with van der Waals surface area (Å²) in [6, 6.07) is 49.0. The van der Waals surface area contributed by atoms with Gasteiger partial charge in [-0.15, -0.1) is 0 Å². The number of hydrogen-bond acceptors (Lipinski definition) is 1. The highest BCUT2D eigenvalue weighted by atomic mass is 14.7. The van der Waals surface area contributed by atoms with E-state index in [1.807, 2.05) is 6.20 Å². The molecule has 0 radical (unpaired) electrons. The molecule has 0 aliphatic carbocycles. The van der Waals surface area contributed by atoms with Crippen LogP contribution in [0.1, 0.15) is 80.4 Å². The molecule has 5 aromatic carbocycles. The van der Waals surface area contributed by atoms with Gasteiger partial charge in [-0.3, -0.25) is 4.98 Å². The fourth-order valence-corrected chi connectivity index (χ4v) is 6.35. The summed E-state index contributed by atoms with van der Waals surface area (Å²) in [5.41, 5.74) is 15.1. The molecule has 0 saturated heterocycles. The first-order valence-corrected chi connectivity index (χ1v) is 18.0. The smallest absolute Gasteiger partial charge is 0.0705 e. The third-order valence-corrected chi connectivity index (χ3v) is 12.0. The van der Waals surface area contributed by atoms with Gasteiger partial charge in [0.05, 0.1) is 5.69 Å². The molecular weight excluding hydrogens is 603 g/mol. The Balaban J connectivity index is 1.15. The molecule has 1 heteroatoms. The summed E-state index contributed by atoms with van der Waals surface area (Å²) in [5, 5.41) is 0. The molecule has 0 fully saturated rings. The predicted octanol–water partition coefficient (Wildman–Crippen LogP) is 14.1. The van der Waals surface area contributed by atoms with Crippen molar-refractivity contribution >= 4 is 0 Å². The summed E-state index contributed by atoms with van der Waals surface area (Å²) in [5.74, 6) is 0. The molecule has 1 aromatic heterocycles. The second-order valence-electron chi connectivity index (χ2n) is 17.1. The lowest BCUT2D eigenvalue weighted by molar-refractivity contribution is 0.225. The lowest BCUT2D eigenvalue weighted by Gasteiger charge is -2.39. The van der Waals surface area contributed by atoms with Gasteiger partial charge in [0.2, 0.25) is 0 Å². The van der Waals surface area contributed by atoms with Crippen LogP contribution in [0.5, 0.6) is 0 Å². The first-order valence-electron chi connectivity index (χ1n) is 18.0. The van der Waals surface area contributed by atoms with Crippen LogP contribution in [0.4, 0.5) is 0 Å². The zero-order valence-corrected chi connectivity index (χ0v) is 31.7. The van der Waals surface area contributed by atoms with Gasteiger partial charge in [0, 0.05) is 11.8 Å². The van der Waals surface area contributed by atoms with Gasteiger partial charge in [-0.05, 0) is 95.5 Å². The molecule has 6 aromatic rings. The molecule has 6 rings (SSSR count). The van der Waals surface area contributed by atoms with Crippen LogP contribution in [-0.2, 0) is 10.8 Å². The first kappa shape index (κ1) is 35.1. The SMILES string of the molecule is CC(C)(C)C(C)(C)c1ccc(-c2ccc(-c3ccc(-c4ccc(-c5cccc(-c6cc(C(C)(C)C(C)(C)C)ccn6)c5)cc4)cc3)cc2)cc1. The fourth-order valence-electron chi connectivity index (χ4n) is 6.35. The van der Waals surface area contributed by atoms with E-state index < -0.39 is 0 Å². The van der Waals surface area contributed by atoms with E-state index in [0.717, 1.165) is 11.3 Å². The largest absolute Gasteiger partial charge is 0.256 e. The Kier molecular flexibility index (Phi) is 9.25. The predicted molar refractivity (Wildman–Crippen MR) is 216 cm³/mol. The highest BCUT2D eigenvalue weighted by molar-refractivity contribution is 5.76. The number of aromatic nitrogens is 1. The average molecular weight is 656 g/mol. The van der Waals surface area contributed by atoms with Crippen LogP contribution in [-0.4, -0.2) is 4.98 Å². The Morgan fingerprint density at radius 1 is 0.320 bits per heavy atom. The Morgan fingerprint density at radius 2 is 0.660 bits per heavy atom. The van der Waals surface area contributed by atoms with Gasteiger partial charge in [-0.25, -0.2) is 0 Å². The van der Waals surface area contributed by atoms with Crippen molar-refractivity contribution in [1.82, 2.24) is 4.98 Å². The highest BCUT2D eigenvalue weighted by Gasteiger charge is 2.35. The molecule has 50 heavy (non-hydrogen) atoms. The van der Waals surface area contributed by atoms with Gasteiger partial charge in [-0.1, -0.05) is 184 Å². The van der Waals surface area contributed by atoms with Crippen LogP contribution >= 0.6 is 0 Å². The van der Waals surface area contributed by atoms with Gasteiger partial charge >= 0.3 is 0 Å². The van der Waals surface area contributed by atoms with E-state index >= 15 is 0 Å². The van der Waals surface area contributed by atoms with Crippen molar-refractivity contribution in [3.8, 4) is 55.8 Å². The van der Waals surface area contributed by atoms with Crippen LogP contribution < -0.4 is 0 Å². The summed E-state index contributed by atoms with van der Waals surface area (Å²) in [4.78, 5) is 4.76. The third kappa shape index (κ3) is 6.97. The molecule has 0 saturated carbocycles. The molecule has 0 bridgehead atoms. The quantitative estimate of drug-likeness (QED) is 0.167. The second-order valence-corrected chi connectivity index (χ2v) is 17.1. The monoisotopic (exact) mass is 655 g/mol. The number of pyridine rings is 1. The minimum absolute atomic E-state index is 0.0260. The van der Waals surface area contributed by atoms with Crippen LogP contribution in [0.15, 0.2) is 140 Å². The van der Waals surface area contributed by atoms with E-state index in [-0.39, 0.29) is 21.7 Å². The van der Waals surface area contributed by atoms with Gasteiger partial charge in [0.25, 0.3) is 0 Å². The van der Waals surface area contributed by atoms with Gasteiger partial charge in [0.1, 0.15) is 0 Å². The lowest BCUT2D eigenvalue weighted by Crippen LogP contribution is -2.33. The molecule has 0 amide bonds. The van der Waals surface area contributed by atoms with Crippen molar-refractivity contribution in [1.29, 1.82) is 0 Å². The number of hydrogen-bond donors (Lipinski definition) is 0. The van der Waals surface area contributed by atoms with E-state index in [9.17, 15) is 0 Å². The Morgan fingerprint density at radius 3 is 1.06 bits per heavy atom. The highest BCUT2D eigenvalue weighted by Crippen LogP contribution is 2.43. The molecule has 0 atom stereocenters. The molecule has 0 unspecified atom stereocenters. The molecule has 1 nitrogen and oxygen atoms in total. The second kappa shape index (κ2) is 13.2. The lowest BCUT2D eigenvalue weighted by atomic mass is 9.65. The normalized spacial score (nSPS) is 12.6. The van der Waals surface area contributed by atoms with Crippen molar-refractivity contribution in [2.45, 2.75) is 80.1 Å². The van der Waals surface area contributed by atoms with E-state index in [4.69, 9.17) is 4.98 Å². The van der Waals surface area contributed by atoms with E-state index in [1.54, 1.807) is 0 Å². The topological polar surface area (TPSA) is 12.9 Å². The fraction of sp³-hybridized carbons (Fsp3) is 0.286. The molecule has 0 aliphatic heterocycles. The first-order chi connectivity index (χ1) is 23.5. The molecule has 1 heterocycles. The zero-order valence-electron chi connectivity index (χ0n) is 31.7. The maximum absolute atomic E-state index is 4.76. The van der Waals surface area contributed by atoms with Crippen LogP contribution in [0.2, 0.25) is 0 Å². The Hall–Kier alpha value is -4.75. The van der Waals surface area contributed by atoms with Gasteiger partial charge < -0.3 is 0 Å².